The van der Waals surface area contributed by atoms with E-state index in [4.69, 9.17) is 0 Å². The van der Waals surface area contributed by atoms with Gasteiger partial charge in [-0.15, -0.1) is 0 Å². The Morgan fingerprint density at radius 2 is 2.64 bits per heavy atom. The van der Waals surface area contributed by atoms with Crippen molar-refractivity contribution < 1.29 is 9.90 Å². The van der Waals surface area contributed by atoms with E-state index in [1.807, 2.05) is 11.5 Å². The molecule has 76 valence electrons. The molecule has 0 amide bonds. The van der Waals surface area contributed by atoms with Crippen molar-refractivity contribution in [2.45, 2.75) is 25.9 Å². The predicted octanol–water partition coefficient (Wildman–Crippen LogP) is -0.699. The lowest BCUT2D eigenvalue weighted by molar-refractivity contribution is -0.255. The molecule has 1 aliphatic rings. The Kier molecular flexibility index (Phi) is 2.25. The van der Waals surface area contributed by atoms with Crippen LogP contribution < -0.4 is 10.4 Å². The largest absolute Gasteiger partial charge is 0.543 e. The van der Waals surface area contributed by atoms with Gasteiger partial charge >= 0.3 is 0 Å². The van der Waals surface area contributed by atoms with Crippen LogP contribution in [0.25, 0.3) is 0 Å². The molecule has 0 radical (unpaired) electrons. The van der Waals surface area contributed by atoms with Crippen LogP contribution in [0, 0.1) is 0 Å². The highest BCUT2D eigenvalue weighted by molar-refractivity contribution is 5.83. The predicted molar refractivity (Wildman–Crippen MR) is 47.6 cm³/mol. The number of hydrogen-bond donors (Lipinski definition) is 1. The molecule has 2 heterocycles. The maximum absolute atomic E-state index is 10.6. The van der Waals surface area contributed by atoms with Crippen LogP contribution in [0.3, 0.4) is 0 Å². The number of nitrogens with one attached hydrogen (secondary N) is 1. The minimum absolute atomic E-state index is 0.0298. The third-order valence-electron chi connectivity index (χ3n) is 2.48. The summed E-state index contributed by atoms with van der Waals surface area (Å²) in [4.78, 5) is 14.6. The van der Waals surface area contributed by atoms with E-state index >= 15 is 0 Å². The van der Waals surface area contributed by atoms with Crippen molar-refractivity contribution >= 4 is 5.97 Å². The summed E-state index contributed by atoms with van der Waals surface area (Å²) in [6.07, 6.45) is 2.46. The number of nitrogens with zero attached hydrogens (tertiary/aromatic N) is 2. The lowest BCUT2D eigenvalue weighted by Crippen LogP contribution is -2.33. The molecule has 1 aromatic heterocycles. The second kappa shape index (κ2) is 3.42. The molecule has 0 fully saturated rings. The first-order chi connectivity index (χ1) is 6.72. The normalized spacial score (nSPS) is 20.5. The number of aromatic nitrogens is 2. The van der Waals surface area contributed by atoms with Gasteiger partial charge in [-0.05, 0) is 6.42 Å². The first-order valence-electron chi connectivity index (χ1n) is 4.74. The number of fused-ring (bicyclic) bond motifs is 1. The SMILES string of the molecule is CCC1NCCn2cc(C(=O)[O-])nc21. The molecule has 0 aliphatic carbocycles. The molecular weight excluding hydrogens is 182 g/mol. The van der Waals surface area contributed by atoms with Gasteiger partial charge in [-0.1, -0.05) is 6.92 Å². The number of carboxylic acid groups (broad SMARTS) is 1. The van der Waals surface area contributed by atoms with Gasteiger partial charge in [-0.3, -0.25) is 0 Å². The molecule has 0 bridgehead atoms. The molecule has 0 saturated carbocycles. The Morgan fingerprint density at radius 3 is 3.29 bits per heavy atom. The van der Waals surface area contributed by atoms with Crippen molar-refractivity contribution in [3.05, 3.63) is 17.7 Å². The summed E-state index contributed by atoms with van der Waals surface area (Å²) in [5, 5.41) is 13.9. The lowest BCUT2D eigenvalue weighted by Gasteiger charge is -2.23. The first-order valence-corrected chi connectivity index (χ1v) is 4.74. The van der Waals surface area contributed by atoms with Crippen LogP contribution in [0.1, 0.15) is 35.7 Å². The molecule has 1 atom stereocenters. The fourth-order valence-electron chi connectivity index (χ4n) is 1.76. The maximum Gasteiger partial charge on any atom is 0.126 e. The van der Waals surface area contributed by atoms with Gasteiger partial charge < -0.3 is 19.8 Å². The minimum atomic E-state index is -1.21. The summed E-state index contributed by atoms with van der Waals surface area (Å²) < 4.78 is 1.88. The van der Waals surface area contributed by atoms with E-state index in [1.165, 1.54) is 0 Å². The van der Waals surface area contributed by atoms with Gasteiger partial charge in [0.1, 0.15) is 11.5 Å². The molecule has 0 aromatic carbocycles. The highest BCUT2D eigenvalue weighted by Crippen LogP contribution is 2.19. The van der Waals surface area contributed by atoms with Crippen LogP contribution in [-0.2, 0) is 6.54 Å². The Balaban J connectivity index is 2.38. The number of imidazole rings is 1. The average Bonchev–Trinajstić information content (AvgIpc) is 2.60. The van der Waals surface area contributed by atoms with Crippen molar-refractivity contribution in [2.75, 3.05) is 6.54 Å². The maximum atomic E-state index is 10.6. The van der Waals surface area contributed by atoms with Crippen LogP contribution in [0.4, 0.5) is 0 Å². The third kappa shape index (κ3) is 1.39. The Labute approximate surface area is 81.8 Å². The third-order valence-corrected chi connectivity index (χ3v) is 2.48. The molecule has 0 saturated heterocycles. The molecular formula is C9H12N3O2-. The summed E-state index contributed by atoms with van der Waals surface area (Å²) in [7, 11) is 0. The van der Waals surface area contributed by atoms with Gasteiger partial charge in [-0.2, -0.15) is 0 Å². The standard InChI is InChI=1S/C9H13N3O2/c1-2-6-8-11-7(9(13)14)5-12(8)4-3-10-6/h5-6,10H,2-4H2,1H3,(H,13,14)/p-1. The lowest BCUT2D eigenvalue weighted by atomic mass is 10.2. The van der Waals surface area contributed by atoms with E-state index in [1.54, 1.807) is 6.20 Å². The van der Waals surface area contributed by atoms with Gasteiger partial charge in [-0.25, -0.2) is 4.98 Å². The van der Waals surface area contributed by atoms with Crippen LogP contribution in [-0.4, -0.2) is 22.1 Å². The van der Waals surface area contributed by atoms with Crippen molar-refractivity contribution in [3.63, 3.8) is 0 Å². The minimum Gasteiger partial charge on any atom is -0.543 e. The topological polar surface area (TPSA) is 70.0 Å². The monoisotopic (exact) mass is 194 g/mol. The van der Waals surface area contributed by atoms with Crippen molar-refractivity contribution in [1.82, 2.24) is 14.9 Å². The molecule has 1 N–H and O–H groups in total. The second-order valence-corrected chi connectivity index (χ2v) is 3.38. The van der Waals surface area contributed by atoms with E-state index in [9.17, 15) is 9.90 Å². The first kappa shape index (κ1) is 9.21. The van der Waals surface area contributed by atoms with E-state index in [2.05, 4.69) is 10.3 Å². The van der Waals surface area contributed by atoms with Crippen molar-refractivity contribution in [1.29, 1.82) is 0 Å². The Hall–Kier alpha value is -1.36. The molecule has 5 heteroatoms. The van der Waals surface area contributed by atoms with Crippen molar-refractivity contribution in [2.24, 2.45) is 0 Å². The second-order valence-electron chi connectivity index (χ2n) is 3.38. The van der Waals surface area contributed by atoms with E-state index in [0.717, 1.165) is 25.3 Å². The number of carboxylic acids is 1. The Morgan fingerprint density at radius 1 is 1.86 bits per heavy atom. The molecule has 2 rings (SSSR count). The molecule has 1 unspecified atom stereocenters. The zero-order chi connectivity index (χ0) is 10.1. The smallest absolute Gasteiger partial charge is 0.126 e. The average molecular weight is 194 g/mol. The highest BCUT2D eigenvalue weighted by Gasteiger charge is 2.20. The summed E-state index contributed by atoms with van der Waals surface area (Å²) >= 11 is 0. The number of aromatic carboxylic acids is 1. The van der Waals surface area contributed by atoms with Crippen LogP contribution >= 0.6 is 0 Å². The van der Waals surface area contributed by atoms with E-state index in [-0.39, 0.29) is 11.7 Å². The number of carbonyl (C=O) groups is 1. The number of carbonyl (C=O) groups excluding carboxylic acids is 1. The zero-order valence-electron chi connectivity index (χ0n) is 7.99. The van der Waals surface area contributed by atoms with E-state index < -0.39 is 5.97 Å². The molecule has 0 spiro atoms. The summed E-state index contributed by atoms with van der Waals surface area (Å²) in [6, 6.07) is 0.164. The van der Waals surface area contributed by atoms with E-state index in [0.29, 0.717) is 0 Å². The quantitative estimate of drug-likeness (QED) is 0.676. The number of rotatable bonds is 2. The fourth-order valence-corrected chi connectivity index (χ4v) is 1.76. The van der Waals surface area contributed by atoms with Crippen LogP contribution in [0.15, 0.2) is 6.20 Å². The zero-order valence-corrected chi connectivity index (χ0v) is 7.99. The van der Waals surface area contributed by atoms with Gasteiger partial charge in [0.2, 0.25) is 0 Å². The van der Waals surface area contributed by atoms with Crippen molar-refractivity contribution in [3.8, 4) is 0 Å². The summed E-state index contributed by atoms with van der Waals surface area (Å²) in [5.74, 6) is -0.403. The highest BCUT2D eigenvalue weighted by atomic mass is 16.4. The van der Waals surface area contributed by atoms with Gasteiger partial charge in [0.15, 0.2) is 0 Å². The fraction of sp³-hybridized carbons (Fsp3) is 0.556. The summed E-state index contributed by atoms with van der Waals surface area (Å²) in [6.45, 7) is 3.67. The molecule has 1 aromatic rings. The molecule has 1 aliphatic heterocycles. The van der Waals surface area contributed by atoms with Crippen LogP contribution in [0.5, 0.6) is 0 Å². The number of hydrogen-bond acceptors (Lipinski definition) is 4. The molecule has 14 heavy (non-hydrogen) atoms. The van der Waals surface area contributed by atoms with Gasteiger partial charge in [0, 0.05) is 19.3 Å². The van der Waals surface area contributed by atoms with Gasteiger partial charge in [0.05, 0.1) is 12.0 Å². The van der Waals surface area contributed by atoms with Crippen LogP contribution in [0.2, 0.25) is 0 Å². The van der Waals surface area contributed by atoms with Gasteiger partial charge in [0.25, 0.3) is 0 Å². The Bertz CT molecular complexity index is 359. The summed E-state index contributed by atoms with van der Waals surface area (Å²) in [5.41, 5.74) is 0.0298. The molecule has 5 nitrogen and oxygen atoms in total.